The van der Waals surface area contributed by atoms with Gasteiger partial charge in [0.1, 0.15) is 9.84 Å². The van der Waals surface area contributed by atoms with Crippen molar-refractivity contribution < 1.29 is 8.42 Å². The molecule has 0 aromatic heterocycles. The molecule has 0 saturated carbocycles. The van der Waals surface area contributed by atoms with E-state index in [0.717, 1.165) is 0 Å². The van der Waals surface area contributed by atoms with Crippen molar-refractivity contribution in [2.75, 3.05) is 17.9 Å². The molecule has 0 unspecified atom stereocenters. The first-order valence-corrected chi connectivity index (χ1v) is 4.89. The van der Waals surface area contributed by atoms with Crippen LogP contribution in [0.4, 0.5) is 0 Å². The van der Waals surface area contributed by atoms with Crippen LogP contribution < -0.4 is 0 Å². The van der Waals surface area contributed by atoms with Crippen molar-refractivity contribution in [3.8, 4) is 0 Å². The van der Waals surface area contributed by atoms with Crippen LogP contribution in [0.3, 0.4) is 0 Å². The number of halogens is 1. The van der Waals surface area contributed by atoms with E-state index in [-0.39, 0.29) is 5.75 Å². The number of sulfone groups is 1. The van der Waals surface area contributed by atoms with Gasteiger partial charge in [0.15, 0.2) is 0 Å². The molecule has 0 aliphatic heterocycles. The standard InChI is InChI=1S/C4H9ClO2S/c1-8(6,7)4-2-3-5/h2-4H2,1H3. The Morgan fingerprint density at radius 1 is 1.50 bits per heavy atom. The summed E-state index contributed by atoms with van der Waals surface area (Å²) >= 11 is 5.24. The molecule has 0 fully saturated rings. The van der Waals surface area contributed by atoms with Gasteiger partial charge >= 0.3 is 0 Å². The van der Waals surface area contributed by atoms with Crippen molar-refractivity contribution in [2.45, 2.75) is 6.42 Å². The Labute approximate surface area is 54.8 Å². The molecule has 0 bridgehead atoms. The van der Waals surface area contributed by atoms with Crippen molar-refractivity contribution in [3.63, 3.8) is 0 Å². The van der Waals surface area contributed by atoms with Crippen LogP contribution in [0.1, 0.15) is 6.42 Å². The fourth-order valence-corrected chi connectivity index (χ4v) is 1.28. The minimum absolute atomic E-state index is 0.205. The average Bonchev–Trinajstić information content (AvgIpc) is 1.59. The zero-order valence-corrected chi connectivity index (χ0v) is 6.30. The summed E-state index contributed by atoms with van der Waals surface area (Å²) < 4.78 is 20.7. The highest BCUT2D eigenvalue weighted by Gasteiger charge is 1.98. The summed E-state index contributed by atoms with van der Waals surface area (Å²) in [6.45, 7) is 0. The highest BCUT2D eigenvalue weighted by molar-refractivity contribution is 7.90. The first-order chi connectivity index (χ1) is 3.56. The van der Waals surface area contributed by atoms with Crippen LogP contribution in [-0.2, 0) is 9.84 Å². The fourth-order valence-electron chi connectivity index (χ4n) is 0.317. The highest BCUT2D eigenvalue weighted by Crippen LogP contribution is 1.89. The van der Waals surface area contributed by atoms with Crippen LogP contribution in [-0.4, -0.2) is 26.3 Å². The Morgan fingerprint density at radius 2 is 2.00 bits per heavy atom. The van der Waals surface area contributed by atoms with Gasteiger partial charge in [0.25, 0.3) is 0 Å². The lowest BCUT2D eigenvalue weighted by atomic mass is 10.6. The van der Waals surface area contributed by atoms with Crippen molar-refractivity contribution in [1.29, 1.82) is 0 Å². The molecule has 8 heavy (non-hydrogen) atoms. The number of alkyl halides is 1. The third-order valence-corrected chi connectivity index (χ3v) is 1.95. The third-order valence-electron chi connectivity index (χ3n) is 0.649. The van der Waals surface area contributed by atoms with Gasteiger partial charge in [-0.25, -0.2) is 8.42 Å². The predicted molar refractivity (Wildman–Crippen MR) is 35.0 cm³/mol. The highest BCUT2D eigenvalue weighted by atomic mass is 35.5. The first-order valence-electron chi connectivity index (χ1n) is 2.30. The number of rotatable bonds is 3. The molecule has 0 aromatic carbocycles. The quantitative estimate of drug-likeness (QED) is 0.563. The maximum absolute atomic E-state index is 10.3. The maximum atomic E-state index is 10.3. The minimum atomic E-state index is -2.77. The summed E-state index contributed by atoms with van der Waals surface area (Å²) in [6, 6.07) is 0. The normalized spacial score (nSPS) is 11.8. The molecule has 0 spiro atoms. The molecule has 4 heteroatoms. The van der Waals surface area contributed by atoms with Gasteiger partial charge in [-0.05, 0) is 6.42 Å². The van der Waals surface area contributed by atoms with Gasteiger partial charge in [-0.2, -0.15) is 0 Å². The Balaban J connectivity index is 3.42. The fraction of sp³-hybridized carbons (Fsp3) is 1.00. The van der Waals surface area contributed by atoms with Crippen molar-refractivity contribution in [1.82, 2.24) is 0 Å². The SMILES string of the molecule is CS(=O)(=O)CCCCl. The molecular weight excluding hydrogens is 148 g/mol. The summed E-state index contributed by atoms with van der Waals surface area (Å²) in [5, 5.41) is 0. The molecule has 2 nitrogen and oxygen atoms in total. The van der Waals surface area contributed by atoms with Crippen LogP contribution in [0.25, 0.3) is 0 Å². The molecule has 0 N–H and O–H groups in total. The van der Waals surface area contributed by atoms with Gasteiger partial charge in [0.2, 0.25) is 0 Å². The zero-order valence-electron chi connectivity index (χ0n) is 4.72. The van der Waals surface area contributed by atoms with E-state index in [2.05, 4.69) is 0 Å². The Morgan fingerprint density at radius 3 is 2.12 bits per heavy atom. The van der Waals surface area contributed by atoms with Gasteiger partial charge in [0.05, 0.1) is 5.75 Å². The molecule has 50 valence electrons. The average molecular weight is 157 g/mol. The predicted octanol–water partition coefficient (Wildman–Crippen LogP) is 0.660. The second-order valence-electron chi connectivity index (χ2n) is 1.67. The maximum Gasteiger partial charge on any atom is 0.147 e. The van der Waals surface area contributed by atoms with E-state index in [9.17, 15) is 8.42 Å². The van der Waals surface area contributed by atoms with Crippen LogP contribution in [0.15, 0.2) is 0 Å². The van der Waals surface area contributed by atoms with Gasteiger partial charge in [0, 0.05) is 12.1 Å². The van der Waals surface area contributed by atoms with Gasteiger partial charge in [-0.1, -0.05) is 0 Å². The van der Waals surface area contributed by atoms with E-state index < -0.39 is 9.84 Å². The summed E-state index contributed by atoms with van der Waals surface area (Å²) in [5.74, 6) is 0.629. The zero-order chi connectivity index (χ0) is 6.62. The molecule has 0 rings (SSSR count). The second-order valence-corrected chi connectivity index (χ2v) is 4.31. The van der Waals surface area contributed by atoms with E-state index in [4.69, 9.17) is 11.6 Å². The number of hydrogen-bond acceptors (Lipinski definition) is 2. The molecule has 0 atom stereocenters. The van der Waals surface area contributed by atoms with Crippen LogP contribution in [0.5, 0.6) is 0 Å². The molecule has 0 aliphatic carbocycles. The molecule has 0 saturated heterocycles. The van der Waals surface area contributed by atoms with Gasteiger partial charge in [-0.15, -0.1) is 11.6 Å². The van der Waals surface area contributed by atoms with E-state index in [1.165, 1.54) is 6.26 Å². The van der Waals surface area contributed by atoms with E-state index >= 15 is 0 Å². The first kappa shape index (κ1) is 8.24. The monoisotopic (exact) mass is 156 g/mol. The minimum Gasteiger partial charge on any atom is -0.229 e. The molecule has 0 aromatic rings. The summed E-state index contributed by atoms with van der Waals surface area (Å²) in [4.78, 5) is 0. The van der Waals surface area contributed by atoms with Crippen molar-refractivity contribution in [3.05, 3.63) is 0 Å². The topological polar surface area (TPSA) is 34.1 Å². The van der Waals surface area contributed by atoms with E-state index in [1.54, 1.807) is 0 Å². The summed E-state index contributed by atoms with van der Waals surface area (Å²) in [6.07, 6.45) is 1.76. The molecule has 0 aliphatic rings. The van der Waals surface area contributed by atoms with Crippen molar-refractivity contribution in [2.24, 2.45) is 0 Å². The van der Waals surface area contributed by atoms with Crippen LogP contribution in [0.2, 0.25) is 0 Å². The molecular formula is C4H9ClO2S. The second kappa shape index (κ2) is 3.30. The molecule has 0 amide bonds. The summed E-state index contributed by atoms with van der Waals surface area (Å²) in [7, 11) is -2.77. The summed E-state index contributed by atoms with van der Waals surface area (Å²) in [5.41, 5.74) is 0. The largest absolute Gasteiger partial charge is 0.229 e. The Hall–Kier alpha value is 0.240. The van der Waals surface area contributed by atoms with Crippen molar-refractivity contribution >= 4 is 21.4 Å². The Kier molecular flexibility index (Phi) is 3.40. The lowest BCUT2D eigenvalue weighted by molar-refractivity contribution is 0.600. The van der Waals surface area contributed by atoms with Crippen LogP contribution in [0, 0.1) is 0 Å². The number of hydrogen-bond donors (Lipinski definition) is 0. The lowest BCUT2D eigenvalue weighted by Crippen LogP contribution is -2.02. The van der Waals surface area contributed by atoms with E-state index in [1.807, 2.05) is 0 Å². The van der Waals surface area contributed by atoms with Gasteiger partial charge in [-0.3, -0.25) is 0 Å². The third kappa shape index (κ3) is 6.24. The molecule has 0 heterocycles. The lowest BCUT2D eigenvalue weighted by Gasteiger charge is -1.90. The van der Waals surface area contributed by atoms with Crippen LogP contribution >= 0.6 is 11.6 Å². The Bertz CT molecular complexity index is 138. The molecule has 0 radical (unpaired) electrons. The smallest absolute Gasteiger partial charge is 0.147 e. The van der Waals surface area contributed by atoms with E-state index in [0.29, 0.717) is 12.3 Å². The van der Waals surface area contributed by atoms with Gasteiger partial charge < -0.3 is 0 Å².